The molecule has 0 saturated carbocycles. The molecule has 0 aliphatic carbocycles. The number of nitrogens with one attached hydrogen (secondary N) is 2. The Balaban J connectivity index is 1.34. The quantitative estimate of drug-likeness (QED) is 0.485. The summed E-state index contributed by atoms with van der Waals surface area (Å²) in [6.45, 7) is 3.48. The van der Waals surface area contributed by atoms with Crippen molar-refractivity contribution in [2.75, 3.05) is 18.5 Å². The van der Waals surface area contributed by atoms with Crippen LogP contribution in [0.1, 0.15) is 18.5 Å². The Labute approximate surface area is 191 Å². The second kappa shape index (κ2) is 8.42. The highest BCUT2D eigenvalue weighted by atomic mass is 16.5. The molecule has 2 aliphatic heterocycles. The summed E-state index contributed by atoms with van der Waals surface area (Å²) in [5.41, 5.74) is 3.94. The van der Waals surface area contributed by atoms with Crippen molar-refractivity contribution in [3.05, 3.63) is 60.8 Å². The van der Waals surface area contributed by atoms with Crippen LogP contribution in [0.2, 0.25) is 0 Å². The number of morpholine rings is 1. The monoisotopic (exact) mass is 443 g/mol. The van der Waals surface area contributed by atoms with E-state index in [1.165, 1.54) is 0 Å². The van der Waals surface area contributed by atoms with E-state index in [0.29, 0.717) is 23.8 Å². The Morgan fingerprint density at radius 2 is 1.88 bits per heavy atom. The Morgan fingerprint density at radius 1 is 1.06 bits per heavy atom. The van der Waals surface area contributed by atoms with Crippen LogP contribution in [0.5, 0.6) is 5.75 Å². The lowest BCUT2D eigenvalue weighted by Gasteiger charge is -2.40. The third-order valence-electron chi connectivity index (χ3n) is 6.10. The van der Waals surface area contributed by atoms with Crippen LogP contribution in [0.15, 0.2) is 55.1 Å². The predicted octanol–water partition coefficient (Wildman–Crippen LogP) is 3.14. The largest absolute Gasteiger partial charge is 0.488 e. The number of hydrogen-bond donors (Lipinski definition) is 2. The van der Waals surface area contributed by atoms with Crippen molar-refractivity contribution in [2.24, 2.45) is 0 Å². The fraction of sp³-hybridized carbons (Fsp3) is 0.333. The van der Waals surface area contributed by atoms with E-state index in [9.17, 15) is 0 Å². The number of ether oxygens (including phenoxy) is 2. The van der Waals surface area contributed by atoms with E-state index in [0.717, 1.165) is 54.1 Å². The second-order valence-electron chi connectivity index (χ2n) is 8.61. The molecule has 168 valence electrons. The van der Waals surface area contributed by atoms with E-state index in [1.54, 1.807) is 18.5 Å². The molecule has 2 fully saturated rings. The standard InChI is InChI=1S/C24H25N7O2/c1-15-8-20(22(12-27-15)33-18-9-16-13-32-14-17(10-18)28-16)19-4-2-7-31-21(19)11-23(30-31)29-24-25-5-3-6-26-24/h2-8,11-12,16-18,28H,9-10,13-14H2,1H3,(H,25,26,29,30). The lowest BCUT2D eigenvalue weighted by molar-refractivity contribution is -0.0122. The van der Waals surface area contributed by atoms with Crippen LogP contribution in [-0.4, -0.2) is 56.0 Å². The van der Waals surface area contributed by atoms with E-state index in [4.69, 9.17) is 9.47 Å². The molecule has 33 heavy (non-hydrogen) atoms. The van der Waals surface area contributed by atoms with Crippen molar-refractivity contribution in [2.45, 2.75) is 38.0 Å². The van der Waals surface area contributed by atoms with E-state index in [-0.39, 0.29) is 6.10 Å². The Morgan fingerprint density at radius 3 is 2.70 bits per heavy atom. The molecule has 0 radical (unpaired) electrons. The van der Waals surface area contributed by atoms with Gasteiger partial charge in [0.25, 0.3) is 0 Å². The molecule has 2 aliphatic rings. The smallest absolute Gasteiger partial charge is 0.228 e. The van der Waals surface area contributed by atoms with E-state index >= 15 is 0 Å². The molecule has 9 heteroatoms. The molecule has 2 N–H and O–H groups in total. The molecule has 0 spiro atoms. The normalized spacial score (nSPS) is 22.3. The van der Waals surface area contributed by atoms with Gasteiger partial charge in [0.2, 0.25) is 5.95 Å². The summed E-state index contributed by atoms with van der Waals surface area (Å²) >= 11 is 0. The van der Waals surface area contributed by atoms with Crippen molar-refractivity contribution in [1.29, 1.82) is 0 Å². The van der Waals surface area contributed by atoms with Crippen molar-refractivity contribution >= 4 is 17.3 Å². The van der Waals surface area contributed by atoms with Crippen LogP contribution in [0.4, 0.5) is 11.8 Å². The van der Waals surface area contributed by atoms with Gasteiger partial charge in [0.1, 0.15) is 11.9 Å². The van der Waals surface area contributed by atoms with Crippen molar-refractivity contribution in [3.8, 4) is 16.9 Å². The lowest BCUT2D eigenvalue weighted by Crippen LogP contribution is -2.56. The summed E-state index contributed by atoms with van der Waals surface area (Å²) in [5, 5.41) is 11.4. The average Bonchev–Trinajstić information content (AvgIpc) is 3.23. The van der Waals surface area contributed by atoms with Gasteiger partial charge in [-0.1, -0.05) is 6.07 Å². The topological polar surface area (TPSA) is 98.5 Å². The number of aryl methyl sites for hydroxylation is 1. The van der Waals surface area contributed by atoms with E-state index < -0.39 is 0 Å². The summed E-state index contributed by atoms with van der Waals surface area (Å²) in [7, 11) is 0. The zero-order chi connectivity index (χ0) is 22.2. The number of rotatable bonds is 5. The molecule has 2 saturated heterocycles. The minimum atomic E-state index is 0.130. The van der Waals surface area contributed by atoms with Gasteiger partial charge in [0, 0.05) is 66.4 Å². The number of hydrogen-bond acceptors (Lipinski definition) is 8. The summed E-state index contributed by atoms with van der Waals surface area (Å²) in [5.74, 6) is 1.97. The summed E-state index contributed by atoms with van der Waals surface area (Å²) in [6.07, 6.45) is 9.14. The highest BCUT2D eigenvalue weighted by molar-refractivity contribution is 5.85. The maximum absolute atomic E-state index is 6.56. The molecule has 9 nitrogen and oxygen atoms in total. The highest BCUT2D eigenvalue weighted by Crippen LogP contribution is 2.36. The van der Waals surface area contributed by atoms with Gasteiger partial charge in [-0.15, -0.1) is 0 Å². The van der Waals surface area contributed by atoms with E-state index in [2.05, 4.69) is 42.8 Å². The molecular formula is C24H25N7O2. The fourth-order valence-electron chi connectivity index (χ4n) is 4.70. The molecule has 0 amide bonds. The van der Waals surface area contributed by atoms with E-state index in [1.807, 2.05) is 36.0 Å². The van der Waals surface area contributed by atoms with Crippen LogP contribution < -0.4 is 15.4 Å². The first-order chi connectivity index (χ1) is 16.2. The molecule has 0 aromatic carbocycles. The number of aromatic nitrogens is 5. The number of anilines is 2. The van der Waals surface area contributed by atoms with Crippen molar-refractivity contribution in [1.82, 2.24) is 29.9 Å². The van der Waals surface area contributed by atoms with Gasteiger partial charge >= 0.3 is 0 Å². The molecule has 6 heterocycles. The first-order valence-electron chi connectivity index (χ1n) is 11.2. The van der Waals surface area contributed by atoms with Crippen molar-refractivity contribution in [3.63, 3.8) is 0 Å². The Bertz CT molecular complexity index is 1260. The maximum atomic E-state index is 6.56. The third kappa shape index (κ3) is 4.12. The molecular weight excluding hydrogens is 418 g/mol. The number of pyridine rings is 2. The van der Waals surface area contributed by atoms with Gasteiger partial charge in [-0.2, -0.15) is 5.10 Å². The van der Waals surface area contributed by atoms with Gasteiger partial charge in [0.05, 0.1) is 24.9 Å². The van der Waals surface area contributed by atoms with Gasteiger partial charge in [-0.3, -0.25) is 4.98 Å². The molecule has 2 unspecified atom stereocenters. The maximum Gasteiger partial charge on any atom is 0.228 e. The molecule has 6 rings (SSSR count). The SMILES string of the molecule is Cc1cc(-c2cccn3nc(Nc4ncccn4)cc23)c(OC2CC3COCC(C2)N3)cn1. The molecule has 4 aromatic rings. The van der Waals surface area contributed by atoms with Crippen LogP contribution in [0.3, 0.4) is 0 Å². The van der Waals surface area contributed by atoms with Crippen LogP contribution in [0, 0.1) is 6.92 Å². The first kappa shape index (κ1) is 20.1. The van der Waals surface area contributed by atoms with Gasteiger partial charge in [0.15, 0.2) is 5.82 Å². The second-order valence-corrected chi connectivity index (χ2v) is 8.61. The predicted molar refractivity (Wildman–Crippen MR) is 124 cm³/mol. The van der Waals surface area contributed by atoms with Crippen molar-refractivity contribution < 1.29 is 9.47 Å². The zero-order valence-electron chi connectivity index (χ0n) is 18.3. The minimum Gasteiger partial charge on any atom is -0.488 e. The molecule has 2 bridgehead atoms. The van der Waals surface area contributed by atoms with Gasteiger partial charge in [-0.05, 0) is 25.1 Å². The third-order valence-corrected chi connectivity index (χ3v) is 6.10. The van der Waals surface area contributed by atoms with Crippen LogP contribution >= 0.6 is 0 Å². The minimum absolute atomic E-state index is 0.130. The summed E-state index contributed by atoms with van der Waals surface area (Å²) < 4.78 is 14.1. The van der Waals surface area contributed by atoms with Gasteiger partial charge < -0.3 is 20.1 Å². The average molecular weight is 444 g/mol. The Kier molecular flexibility index (Phi) is 5.12. The zero-order valence-corrected chi connectivity index (χ0v) is 18.3. The fourth-order valence-corrected chi connectivity index (χ4v) is 4.70. The molecule has 2 atom stereocenters. The first-order valence-corrected chi connectivity index (χ1v) is 11.2. The summed E-state index contributed by atoms with van der Waals surface area (Å²) in [6, 6.07) is 10.6. The summed E-state index contributed by atoms with van der Waals surface area (Å²) in [4.78, 5) is 13.0. The van der Waals surface area contributed by atoms with Crippen LogP contribution in [-0.2, 0) is 4.74 Å². The lowest BCUT2D eigenvalue weighted by atomic mass is 9.94. The number of piperidine rings is 1. The number of nitrogens with zero attached hydrogens (tertiary/aromatic N) is 5. The van der Waals surface area contributed by atoms with Gasteiger partial charge in [-0.25, -0.2) is 14.5 Å². The molecule has 4 aromatic heterocycles. The Hall–Kier alpha value is -3.56. The highest BCUT2D eigenvalue weighted by Gasteiger charge is 2.33. The van der Waals surface area contributed by atoms with Crippen LogP contribution in [0.25, 0.3) is 16.6 Å². The number of fused-ring (bicyclic) bond motifs is 3.